The van der Waals surface area contributed by atoms with Crippen LogP contribution in [0.3, 0.4) is 0 Å². The van der Waals surface area contributed by atoms with Crippen LogP contribution in [0.25, 0.3) is 0 Å². The number of rotatable bonds is 4. The van der Waals surface area contributed by atoms with E-state index in [1.807, 2.05) is 54.4 Å². The maximum absolute atomic E-state index is 9.47. The van der Waals surface area contributed by atoms with Crippen LogP contribution >= 0.6 is 15.9 Å². The largest absolute Gasteiger partial charge is 0.497 e. The second-order valence-corrected chi connectivity index (χ2v) is 5.11. The topological polar surface area (TPSA) is 32.7 Å². The Balaban J connectivity index is 2.40. The molecule has 0 atom stereocenters. The van der Waals surface area contributed by atoms with E-state index in [0.717, 1.165) is 27.2 Å². The van der Waals surface area contributed by atoms with Crippen molar-refractivity contribution in [1.82, 2.24) is 0 Å². The lowest BCUT2D eigenvalue weighted by molar-refractivity contribution is 0.282. The van der Waals surface area contributed by atoms with Gasteiger partial charge in [0.05, 0.1) is 13.7 Å². The Morgan fingerprint density at radius 1 is 1.21 bits per heavy atom. The minimum atomic E-state index is 0.00306. The maximum Gasteiger partial charge on any atom is 0.120 e. The fraction of sp³-hybridized carbons (Fsp3) is 0.200. The molecule has 0 saturated carbocycles. The summed E-state index contributed by atoms with van der Waals surface area (Å²) in [5.74, 6) is 0.812. The van der Waals surface area contributed by atoms with Crippen LogP contribution < -0.4 is 9.64 Å². The summed E-state index contributed by atoms with van der Waals surface area (Å²) in [4.78, 5) is 2.03. The SMILES string of the molecule is COc1cccc(N(C)c2ccc(Br)cc2CO)c1. The number of halogens is 1. The molecule has 0 amide bonds. The number of aliphatic hydroxyl groups is 1. The highest BCUT2D eigenvalue weighted by molar-refractivity contribution is 9.10. The molecule has 0 fully saturated rings. The van der Waals surface area contributed by atoms with Gasteiger partial charge in [0.1, 0.15) is 5.75 Å². The zero-order chi connectivity index (χ0) is 13.8. The molecule has 0 aliphatic carbocycles. The van der Waals surface area contributed by atoms with Crippen LogP contribution in [-0.2, 0) is 6.61 Å². The molecule has 0 bridgehead atoms. The summed E-state index contributed by atoms with van der Waals surface area (Å²) in [5, 5.41) is 9.47. The van der Waals surface area contributed by atoms with E-state index in [1.54, 1.807) is 7.11 Å². The standard InChI is InChI=1S/C15H16BrNO2/c1-17(13-4-3-5-14(9-13)19-2)15-7-6-12(16)8-11(15)10-18/h3-9,18H,10H2,1-2H3. The Kier molecular flexibility index (Phi) is 4.45. The van der Waals surface area contributed by atoms with Crippen molar-refractivity contribution >= 4 is 27.3 Å². The van der Waals surface area contributed by atoms with Crippen molar-refractivity contribution in [1.29, 1.82) is 0 Å². The minimum absolute atomic E-state index is 0.00306. The molecule has 4 heteroatoms. The van der Waals surface area contributed by atoms with Crippen molar-refractivity contribution in [2.75, 3.05) is 19.1 Å². The predicted octanol–water partition coefficient (Wildman–Crippen LogP) is 3.72. The molecule has 2 aromatic rings. The van der Waals surface area contributed by atoms with Crippen LogP contribution in [0, 0.1) is 0 Å². The average Bonchev–Trinajstić information content (AvgIpc) is 2.46. The van der Waals surface area contributed by atoms with E-state index in [9.17, 15) is 5.11 Å². The molecule has 3 nitrogen and oxygen atoms in total. The van der Waals surface area contributed by atoms with Crippen LogP contribution in [0.1, 0.15) is 5.56 Å². The molecule has 0 heterocycles. The normalized spacial score (nSPS) is 10.3. The first-order valence-corrected chi connectivity index (χ1v) is 6.72. The number of ether oxygens (including phenoxy) is 1. The number of aliphatic hydroxyl groups excluding tert-OH is 1. The Morgan fingerprint density at radius 3 is 2.68 bits per heavy atom. The third-order valence-corrected chi connectivity index (χ3v) is 3.51. The molecule has 2 aromatic carbocycles. The zero-order valence-electron chi connectivity index (χ0n) is 10.9. The van der Waals surface area contributed by atoms with Gasteiger partial charge in [0.15, 0.2) is 0 Å². The van der Waals surface area contributed by atoms with E-state index in [2.05, 4.69) is 15.9 Å². The molecule has 0 unspecified atom stereocenters. The van der Waals surface area contributed by atoms with Gasteiger partial charge in [0.2, 0.25) is 0 Å². The molecule has 0 saturated heterocycles. The van der Waals surface area contributed by atoms with Crippen LogP contribution in [0.5, 0.6) is 5.75 Å². The molecule has 0 radical (unpaired) electrons. The number of anilines is 2. The zero-order valence-corrected chi connectivity index (χ0v) is 12.5. The van der Waals surface area contributed by atoms with Crippen LogP contribution in [0.15, 0.2) is 46.9 Å². The predicted molar refractivity (Wildman–Crippen MR) is 81.1 cm³/mol. The quantitative estimate of drug-likeness (QED) is 0.931. The highest BCUT2D eigenvalue weighted by atomic mass is 79.9. The number of nitrogens with zero attached hydrogens (tertiary/aromatic N) is 1. The summed E-state index contributed by atoms with van der Waals surface area (Å²) in [6.45, 7) is 0.00306. The first-order valence-electron chi connectivity index (χ1n) is 5.92. The summed E-state index contributed by atoms with van der Waals surface area (Å²) >= 11 is 3.42. The average molecular weight is 322 g/mol. The Morgan fingerprint density at radius 2 is 2.00 bits per heavy atom. The molecule has 0 aromatic heterocycles. The summed E-state index contributed by atoms with van der Waals surface area (Å²) in [6, 6.07) is 13.7. The summed E-state index contributed by atoms with van der Waals surface area (Å²) in [5.41, 5.74) is 2.86. The Hall–Kier alpha value is -1.52. The van der Waals surface area contributed by atoms with E-state index in [-0.39, 0.29) is 6.61 Å². The van der Waals surface area contributed by atoms with Crippen molar-refractivity contribution in [3.05, 3.63) is 52.5 Å². The third kappa shape index (κ3) is 3.08. The highest BCUT2D eigenvalue weighted by Crippen LogP contribution is 2.31. The molecule has 0 spiro atoms. The molecular weight excluding hydrogens is 306 g/mol. The molecule has 100 valence electrons. The number of methoxy groups -OCH3 is 1. The molecule has 1 N–H and O–H groups in total. The number of benzene rings is 2. The second-order valence-electron chi connectivity index (χ2n) is 4.19. The van der Waals surface area contributed by atoms with Gasteiger partial charge in [-0.15, -0.1) is 0 Å². The summed E-state index contributed by atoms with van der Waals surface area (Å²) < 4.78 is 6.19. The van der Waals surface area contributed by atoms with E-state index in [0.29, 0.717) is 0 Å². The van der Waals surface area contributed by atoms with Gasteiger partial charge in [0, 0.05) is 34.5 Å². The third-order valence-electron chi connectivity index (χ3n) is 3.01. The first-order chi connectivity index (χ1) is 9.15. The van der Waals surface area contributed by atoms with E-state index < -0.39 is 0 Å². The van der Waals surface area contributed by atoms with Crippen molar-refractivity contribution in [3.8, 4) is 5.75 Å². The van der Waals surface area contributed by atoms with Gasteiger partial charge in [-0.05, 0) is 30.3 Å². The second kappa shape index (κ2) is 6.08. The van der Waals surface area contributed by atoms with E-state index in [4.69, 9.17) is 4.74 Å². The van der Waals surface area contributed by atoms with Gasteiger partial charge >= 0.3 is 0 Å². The Bertz CT molecular complexity index is 572. The van der Waals surface area contributed by atoms with E-state index >= 15 is 0 Å². The lowest BCUT2D eigenvalue weighted by Gasteiger charge is -2.22. The van der Waals surface area contributed by atoms with Crippen molar-refractivity contribution in [2.24, 2.45) is 0 Å². The lowest BCUT2D eigenvalue weighted by atomic mass is 10.1. The van der Waals surface area contributed by atoms with Crippen LogP contribution in [-0.4, -0.2) is 19.3 Å². The number of hydrogen-bond donors (Lipinski definition) is 1. The molecular formula is C15H16BrNO2. The summed E-state index contributed by atoms with van der Waals surface area (Å²) in [7, 11) is 3.62. The summed E-state index contributed by atoms with van der Waals surface area (Å²) in [6.07, 6.45) is 0. The molecule has 0 aliphatic heterocycles. The van der Waals surface area contributed by atoms with Crippen LogP contribution in [0.2, 0.25) is 0 Å². The van der Waals surface area contributed by atoms with Gasteiger partial charge in [-0.1, -0.05) is 22.0 Å². The maximum atomic E-state index is 9.47. The van der Waals surface area contributed by atoms with Gasteiger partial charge in [0.25, 0.3) is 0 Å². The molecule has 0 aliphatic rings. The van der Waals surface area contributed by atoms with Gasteiger partial charge in [-0.2, -0.15) is 0 Å². The molecule has 19 heavy (non-hydrogen) atoms. The smallest absolute Gasteiger partial charge is 0.120 e. The van der Waals surface area contributed by atoms with Crippen LogP contribution in [0.4, 0.5) is 11.4 Å². The van der Waals surface area contributed by atoms with E-state index in [1.165, 1.54) is 0 Å². The van der Waals surface area contributed by atoms with Gasteiger partial charge in [-0.3, -0.25) is 0 Å². The Labute approximate surface area is 121 Å². The number of hydrogen-bond acceptors (Lipinski definition) is 3. The monoisotopic (exact) mass is 321 g/mol. The fourth-order valence-corrected chi connectivity index (χ4v) is 2.37. The highest BCUT2D eigenvalue weighted by Gasteiger charge is 2.10. The van der Waals surface area contributed by atoms with Crippen molar-refractivity contribution in [3.63, 3.8) is 0 Å². The minimum Gasteiger partial charge on any atom is -0.497 e. The fourth-order valence-electron chi connectivity index (χ4n) is 1.97. The lowest BCUT2D eigenvalue weighted by Crippen LogP contribution is -2.11. The van der Waals surface area contributed by atoms with Crippen molar-refractivity contribution in [2.45, 2.75) is 6.61 Å². The van der Waals surface area contributed by atoms with Gasteiger partial charge in [-0.25, -0.2) is 0 Å². The first kappa shape index (κ1) is 13.9. The molecule has 2 rings (SSSR count). The van der Waals surface area contributed by atoms with Crippen molar-refractivity contribution < 1.29 is 9.84 Å². The van der Waals surface area contributed by atoms with Gasteiger partial charge < -0.3 is 14.7 Å².